The minimum atomic E-state index is 0.511. The summed E-state index contributed by atoms with van der Waals surface area (Å²) in [6.07, 6.45) is 0. The molecule has 94 valence electrons. The Morgan fingerprint density at radius 2 is 1.83 bits per heavy atom. The number of aromatic nitrogens is 2. The molecule has 1 aromatic heterocycles. The maximum Gasteiger partial charge on any atom is 0.140 e. The molecule has 0 N–H and O–H groups in total. The Kier molecular flexibility index (Phi) is 3.53. The zero-order valence-corrected chi connectivity index (χ0v) is 11.8. The highest BCUT2D eigenvalue weighted by Gasteiger charge is 2.13. The first-order valence-electron chi connectivity index (χ1n) is 5.80. The normalized spacial score (nSPS) is 10.5. The van der Waals surface area contributed by atoms with Crippen LogP contribution in [0.25, 0.3) is 0 Å². The first-order chi connectivity index (χ1) is 8.49. The summed E-state index contributed by atoms with van der Waals surface area (Å²) in [4.78, 5) is 10.7. The number of nitrogens with zero attached hydrogens (tertiary/aromatic N) is 3. The van der Waals surface area contributed by atoms with Crippen LogP contribution >= 0.6 is 11.6 Å². The number of hydrogen-bond acceptors (Lipinski definition) is 3. The molecule has 0 radical (unpaired) electrons. The van der Waals surface area contributed by atoms with E-state index in [2.05, 4.69) is 35.1 Å². The van der Waals surface area contributed by atoms with Crippen molar-refractivity contribution in [2.75, 3.05) is 11.9 Å². The monoisotopic (exact) mass is 261 g/mol. The van der Waals surface area contributed by atoms with E-state index in [1.165, 1.54) is 5.56 Å². The number of rotatable bonds is 2. The summed E-state index contributed by atoms with van der Waals surface area (Å²) >= 11 is 6.10. The van der Waals surface area contributed by atoms with Gasteiger partial charge in [-0.25, -0.2) is 9.97 Å². The Morgan fingerprint density at radius 3 is 2.50 bits per heavy atom. The smallest absolute Gasteiger partial charge is 0.140 e. The van der Waals surface area contributed by atoms with Crippen molar-refractivity contribution >= 4 is 23.1 Å². The Hall–Kier alpha value is -1.61. The van der Waals surface area contributed by atoms with Crippen molar-refractivity contribution in [2.45, 2.75) is 20.8 Å². The molecule has 3 nitrogen and oxygen atoms in total. The van der Waals surface area contributed by atoms with Gasteiger partial charge in [0.15, 0.2) is 0 Å². The Bertz CT molecular complexity index is 581. The summed E-state index contributed by atoms with van der Waals surface area (Å²) < 4.78 is 0. The molecule has 1 heterocycles. The van der Waals surface area contributed by atoms with E-state index in [-0.39, 0.29) is 0 Å². The lowest BCUT2D eigenvalue weighted by Crippen LogP contribution is -2.14. The molecule has 4 heteroatoms. The molecule has 0 aliphatic rings. The summed E-state index contributed by atoms with van der Waals surface area (Å²) in [5.41, 5.74) is 3.20. The molecule has 0 aliphatic carbocycles. The van der Waals surface area contributed by atoms with Gasteiger partial charge in [-0.05, 0) is 38.5 Å². The van der Waals surface area contributed by atoms with Crippen molar-refractivity contribution in [1.29, 1.82) is 0 Å². The van der Waals surface area contributed by atoms with E-state index < -0.39 is 0 Å². The predicted molar refractivity (Wildman–Crippen MR) is 75.8 cm³/mol. The fourth-order valence-electron chi connectivity index (χ4n) is 1.87. The number of halogens is 1. The third kappa shape index (κ3) is 2.46. The third-order valence-corrected chi connectivity index (χ3v) is 3.25. The van der Waals surface area contributed by atoms with E-state index in [0.29, 0.717) is 11.0 Å². The molecule has 0 atom stereocenters. The predicted octanol–water partition coefficient (Wildman–Crippen LogP) is 3.82. The summed E-state index contributed by atoms with van der Waals surface area (Å²) in [5.74, 6) is 1.53. The van der Waals surface area contributed by atoms with Crippen LogP contribution in [0, 0.1) is 20.8 Å². The van der Waals surface area contributed by atoms with Crippen LogP contribution in [0.2, 0.25) is 5.15 Å². The molecule has 0 spiro atoms. The minimum absolute atomic E-state index is 0.511. The molecule has 0 fully saturated rings. The average molecular weight is 262 g/mol. The first kappa shape index (κ1) is 12.8. The molecule has 0 bridgehead atoms. The van der Waals surface area contributed by atoms with Gasteiger partial charge in [0.25, 0.3) is 0 Å². The second kappa shape index (κ2) is 4.94. The summed E-state index contributed by atoms with van der Waals surface area (Å²) in [7, 11) is 1.99. The van der Waals surface area contributed by atoms with Crippen LogP contribution < -0.4 is 4.90 Å². The van der Waals surface area contributed by atoms with Crippen molar-refractivity contribution < 1.29 is 0 Å². The highest BCUT2D eigenvalue weighted by molar-refractivity contribution is 6.30. The SMILES string of the molecule is Cc1cccc(N(C)c2nc(C)nc(Cl)c2C)c1. The van der Waals surface area contributed by atoms with Crippen molar-refractivity contribution in [3.63, 3.8) is 0 Å². The van der Waals surface area contributed by atoms with E-state index in [1.54, 1.807) is 0 Å². The number of anilines is 2. The van der Waals surface area contributed by atoms with Crippen LogP contribution in [0.15, 0.2) is 24.3 Å². The van der Waals surface area contributed by atoms with Crippen LogP contribution in [-0.2, 0) is 0 Å². The maximum atomic E-state index is 6.10. The number of benzene rings is 1. The van der Waals surface area contributed by atoms with Gasteiger partial charge in [0.2, 0.25) is 0 Å². The second-order valence-electron chi connectivity index (χ2n) is 4.41. The largest absolute Gasteiger partial charge is 0.329 e. The standard InChI is InChI=1S/C14H16ClN3/c1-9-6-5-7-12(8-9)18(4)14-10(2)13(15)16-11(3)17-14/h5-8H,1-4H3. The summed E-state index contributed by atoms with van der Waals surface area (Å²) in [5, 5.41) is 0.511. The molecule has 0 saturated heterocycles. The van der Waals surface area contributed by atoms with Crippen LogP contribution in [0.4, 0.5) is 11.5 Å². The Morgan fingerprint density at radius 1 is 1.11 bits per heavy atom. The lowest BCUT2D eigenvalue weighted by Gasteiger charge is -2.21. The van der Waals surface area contributed by atoms with Crippen LogP contribution in [0.3, 0.4) is 0 Å². The molecular formula is C14H16ClN3. The quantitative estimate of drug-likeness (QED) is 0.770. The van der Waals surface area contributed by atoms with Gasteiger partial charge in [-0.2, -0.15) is 0 Å². The lowest BCUT2D eigenvalue weighted by atomic mass is 10.2. The molecule has 18 heavy (non-hydrogen) atoms. The third-order valence-electron chi connectivity index (χ3n) is 2.88. The average Bonchev–Trinajstić information content (AvgIpc) is 2.33. The van der Waals surface area contributed by atoms with E-state index in [4.69, 9.17) is 11.6 Å². The fraction of sp³-hybridized carbons (Fsp3) is 0.286. The van der Waals surface area contributed by atoms with Crippen molar-refractivity contribution in [3.05, 3.63) is 46.4 Å². The van der Waals surface area contributed by atoms with Gasteiger partial charge in [0.1, 0.15) is 16.8 Å². The van der Waals surface area contributed by atoms with E-state index >= 15 is 0 Å². The van der Waals surface area contributed by atoms with Gasteiger partial charge in [-0.3, -0.25) is 0 Å². The molecular weight excluding hydrogens is 246 g/mol. The molecule has 0 unspecified atom stereocenters. The molecule has 0 amide bonds. The second-order valence-corrected chi connectivity index (χ2v) is 4.77. The zero-order chi connectivity index (χ0) is 13.3. The highest BCUT2D eigenvalue weighted by Crippen LogP contribution is 2.28. The maximum absolute atomic E-state index is 6.10. The van der Waals surface area contributed by atoms with Gasteiger partial charge < -0.3 is 4.90 Å². The van der Waals surface area contributed by atoms with Crippen LogP contribution in [0.1, 0.15) is 17.0 Å². The molecule has 0 saturated carbocycles. The van der Waals surface area contributed by atoms with Gasteiger partial charge in [0, 0.05) is 18.3 Å². The Balaban J connectivity index is 2.49. The van der Waals surface area contributed by atoms with Gasteiger partial charge >= 0.3 is 0 Å². The number of hydrogen-bond donors (Lipinski definition) is 0. The van der Waals surface area contributed by atoms with Crippen molar-refractivity contribution in [2.24, 2.45) is 0 Å². The number of aryl methyl sites for hydroxylation is 2. The van der Waals surface area contributed by atoms with Gasteiger partial charge in [0.05, 0.1) is 0 Å². The van der Waals surface area contributed by atoms with Gasteiger partial charge in [-0.15, -0.1) is 0 Å². The topological polar surface area (TPSA) is 29.0 Å². The molecule has 1 aromatic carbocycles. The first-order valence-corrected chi connectivity index (χ1v) is 6.18. The van der Waals surface area contributed by atoms with Crippen LogP contribution in [-0.4, -0.2) is 17.0 Å². The summed E-state index contributed by atoms with van der Waals surface area (Å²) in [6.45, 7) is 5.85. The van der Waals surface area contributed by atoms with Crippen LogP contribution in [0.5, 0.6) is 0 Å². The minimum Gasteiger partial charge on any atom is -0.329 e. The Labute approximate surface area is 112 Å². The lowest BCUT2D eigenvalue weighted by molar-refractivity contribution is 0.991. The van der Waals surface area contributed by atoms with E-state index in [0.717, 1.165) is 17.1 Å². The molecule has 2 aromatic rings. The van der Waals surface area contributed by atoms with Gasteiger partial charge in [-0.1, -0.05) is 23.7 Å². The summed E-state index contributed by atoms with van der Waals surface area (Å²) in [6, 6.07) is 8.27. The van der Waals surface area contributed by atoms with Crippen molar-refractivity contribution in [1.82, 2.24) is 9.97 Å². The fourth-order valence-corrected chi connectivity index (χ4v) is 2.07. The van der Waals surface area contributed by atoms with E-state index in [1.807, 2.05) is 31.9 Å². The molecule has 0 aliphatic heterocycles. The zero-order valence-electron chi connectivity index (χ0n) is 11.0. The molecule has 2 rings (SSSR count). The van der Waals surface area contributed by atoms with Crippen molar-refractivity contribution in [3.8, 4) is 0 Å². The van der Waals surface area contributed by atoms with E-state index in [9.17, 15) is 0 Å². The highest BCUT2D eigenvalue weighted by atomic mass is 35.5.